The van der Waals surface area contributed by atoms with Gasteiger partial charge >= 0.3 is 5.97 Å². The zero-order chi connectivity index (χ0) is 14.6. The molecular formula is C10H15N3O5S. The Kier molecular flexibility index (Phi) is 4.65. The number of carbonyl (C=O) groups is 2. The summed E-state index contributed by atoms with van der Waals surface area (Å²) in [7, 11) is -2.20. The van der Waals surface area contributed by atoms with E-state index >= 15 is 0 Å². The van der Waals surface area contributed by atoms with Crippen LogP contribution in [0.15, 0.2) is 12.4 Å². The van der Waals surface area contributed by atoms with Crippen molar-refractivity contribution in [1.82, 2.24) is 9.78 Å². The van der Waals surface area contributed by atoms with E-state index in [1.807, 2.05) is 0 Å². The quantitative estimate of drug-likeness (QED) is 0.727. The summed E-state index contributed by atoms with van der Waals surface area (Å²) in [6.07, 6.45) is 3.71. The molecule has 1 aromatic heterocycles. The summed E-state index contributed by atoms with van der Waals surface area (Å²) in [6, 6.07) is 0. The molecule has 19 heavy (non-hydrogen) atoms. The van der Waals surface area contributed by atoms with Gasteiger partial charge in [0.2, 0.25) is 5.91 Å². The van der Waals surface area contributed by atoms with Crippen LogP contribution in [0.2, 0.25) is 0 Å². The molecule has 1 atom stereocenters. The first kappa shape index (κ1) is 15.2. The van der Waals surface area contributed by atoms with E-state index in [2.05, 4.69) is 15.2 Å². The molecular weight excluding hydrogens is 274 g/mol. The Bertz CT molecular complexity index is 578. The van der Waals surface area contributed by atoms with E-state index in [-0.39, 0.29) is 6.54 Å². The molecule has 0 fully saturated rings. The average Bonchev–Trinajstić information content (AvgIpc) is 2.73. The van der Waals surface area contributed by atoms with E-state index in [4.69, 9.17) is 0 Å². The molecule has 1 unspecified atom stereocenters. The van der Waals surface area contributed by atoms with Crippen LogP contribution >= 0.6 is 0 Å². The Morgan fingerprint density at radius 1 is 1.53 bits per heavy atom. The molecule has 0 spiro atoms. The molecule has 0 aliphatic heterocycles. The third-order valence-corrected chi connectivity index (χ3v) is 3.93. The standard InChI is InChI=1S/C10H15N3O5S/c1-7(19(3,16)17)10(15)12-8-4-11-13(5-8)6-9(14)18-2/h4-5,7H,6H2,1-3H3,(H,12,15). The maximum Gasteiger partial charge on any atom is 0.327 e. The summed E-state index contributed by atoms with van der Waals surface area (Å²) in [5.41, 5.74) is 0.310. The van der Waals surface area contributed by atoms with Gasteiger partial charge in [-0.25, -0.2) is 8.42 Å². The predicted molar refractivity (Wildman–Crippen MR) is 67.2 cm³/mol. The molecule has 0 aliphatic rings. The first-order valence-electron chi connectivity index (χ1n) is 5.33. The molecule has 1 heterocycles. The molecule has 1 aromatic rings. The molecule has 0 radical (unpaired) electrons. The van der Waals surface area contributed by atoms with Crippen LogP contribution < -0.4 is 5.32 Å². The van der Waals surface area contributed by atoms with Gasteiger partial charge in [0, 0.05) is 12.5 Å². The van der Waals surface area contributed by atoms with Crippen molar-refractivity contribution in [2.45, 2.75) is 18.7 Å². The number of esters is 1. The third-order valence-electron chi connectivity index (χ3n) is 2.43. The van der Waals surface area contributed by atoms with Crippen LogP contribution in [0.1, 0.15) is 6.92 Å². The van der Waals surface area contributed by atoms with Gasteiger partial charge in [-0.15, -0.1) is 0 Å². The lowest BCUT2D eigenvalue weighted by molar-refractivity contribution is -0.141. The highest BCUT2D eigenvalue weighted by atomic mass is 32.2. The second kappa shape index (κ2) is 5.83. The summed E-state index contributed by atoms with van der Waals surface area (Å²) in [5.74, 6) is -1.13. The lowest BCUT2D eigenvalue weighted by Gasteiger charge is -2.08. The predicted octanol–water partition coefficient (Wildman–Crippen LogP) is -0.572. The molecule has 9 heteroatoms. The van der Waals surface area contributed by atoms with E-state index in [0.717, 1.165) is 6.26 Å². The molecule has 0 saturated heterocycles. The molecule has 0 saturated carbocycles. The second-order valence-electron chi connectivity index (χ2n) is 3.96. The first-order chi connectivity index (χ1) is 8.74. The molecule has 8 nitrogen and oxygen atoms in total. The molecule has 106 valence electrons. The van der Waals surface area contributed by atoms with Crippen LogP contribution in [0.3, 0.4) is 0 Å². The summed E-state index contributed by atoms with van der Waals surface area (Å²) in [4.78, 5) is 22.6. The van der Waals surface area contributed by atoms with E-state index in [0.29, 0.717) is 5.69 Å². The number of anilines is 1. The molecule has 0 aromatic carbocycles. The van der Waals surface area contributed by atoms with Gasteiger partial charge in [0.1, 0.15) is 11.8 Å². The molecule has 1 amide bonds. The Balaban J connectivity index is 2.69. The van der Waals surface area contributed by atoms with Crippen LogP contribution in [0.4, 0.5) is 5.69 Å². The first-order valence-corrected chi connectivity index (χ1v) is 7.28. The van der Waals surface area contributed by atoms with E-state index in [9.17, 15) is 18.0 Å². The molecule has 0 bridgehead atoms. The van der Waals surface area contributed by atoms with Gasteiger partial charge in [-0.2, -0.15) is 5.10 Å². The number of rotatable bonds is 5. The zero-order valence-corrected chi connectivity index (χ0v) is 11.6. The van der Waals surface area contributed by atoms with E-state index in [1.165, 1.54) is 31.1 Å². The largest absolute Gasteiger partial charge is 0.468 e. The van der Waals surface area contributed by atoms with Crippen LogP contribution in [-0.4, -0.2) is 48.7 Å². The number of amides is 1. The average molecular weight is 289 g/mol. The van der Waals surface area contributed by atoms with Gasteiger partial charge in [-0.1, -0.05) is 0 Å². The maximum atomic E-state index is 11.6. The van der Waals surface area contributed by atoms with Gasteiger partial charge in [-0.05, 0) is 6.92 Å². The Labute approximate surface area is 110 Å². The van der Waals surface area contributed by atoms with E-state index < -0.39 is 27.0 Å². The van der Waals surface area contributed by atoms with Crippen molar-refractivity contribution in [3.63, 3.8) is 0 Å². The van der Waals surface area contributed by atoms with Crippen molar-refractivity contribution in [2.24, 2.45) is 0 Å². The number of methoxy groups -OCH3 is 1. The van der Waals surface area contributed by atoms with Crippen LogP contribution in [0.25, 0.3) is 0 Å². The summed E-state index contributed by atoms with van der Waals surface area (Å²) in [5, 5.41) is 5.08. The Hall–Kier alpha value is -1.90. The number of nitrogens with zero attached hydrogens (tertiary/aromatic N) is 2. The highest BCUT2D eigenvalue weighted by Gasteiger charge is 2.23. The van der Waals surface area contributed by atoms with Crippen LogP contribution in [-0.2, 0) is 30.7 Å². The minimum atomic E-state index is -3.45. The van der Waals surface area contributed by atoms with Crippen molar-refractivity contribution in [2.75, 3.05) is 18.7 Å². The highest BCUT2D eigenvalue weighted by Crippen LogP contribution is 2.08. The minimum Gasteiger partial charge on any atom is -0.468 e. The number of hydrogen-bond acceptors (Lipinski definition) is 6. The fourth-order valence-electron chi connectivity index (χ4n) is 1.15. The topological polar surface area (TPSA) is 107 Å². The van der Waals surface area contributed by atoms with Crippen LogP contribution in [0, 0.1) is 0 Å². The second-order valence-corrected chi connectivity index (χ2v) is 6.33. The van der Waals surface area contributed by atoms with Crippen molar-refractivity contribution < 1.29 is 22.7 Å². The number of carbonyl (C=O) groups excluding carboxylic acids is 2. The SMILES string of the molecule is COC(=O)Cn1cc(NC(=O)C(C)S(C)(=O)=O)cn1. The van der Waals surface area contributed by atoms with Gasteiger partial charge < -0.3 is 10.1 Å². The number of aromatic nitrogens is 2. The smallest absolute Gasteiger partial charge is 0.327 e. The van der Waals surface area contributed by atoms with Crippen molar-refractivity contribution in [3.05, 3.63) is 12.4 Å². The highest BCUT2D eigenvalue weighted by molar-refractivity contribution is 7.92. The number of hydrogen-bond donors (Lipinski definition) is 1. The fourth-order valence-corrected chi connectivity index (χ4v) is 1.60. The number of nitrogens with one attached hydrogen (secondary N) is 1. The van der Waals surface area contributed by atoms with Crippen molar-refractivity contribution >= 4 is 27.4 Å². The zero-order valence-electron chi connectivity index (χ0n) is 10.8. The molecule has 1 rings (SSSR count). The van der Waals surface area contributed by atoms with Crippen molar-refractivity contribution in [1.29, 1.82) is 0 Å². The fraction of sp³-hybridized carbons (Fsp3) is 0.500. The monoisotopic (exact) mass is 289 g/mol. The van der Waals surface area contributed by atoms with Crippen LogP contribution in [0.5, 0.6) is 0 Å². The third kappa shape index (κ3) is 4.36. The number of sulfone groups is 1. The maximum absolute atomic E-state index is 11.6. The summed E-state index contributed by atoms with van der Waals surface area (Å²) < 4.78 is 28.2. The minimum absolute atomic E-state index is 0.0893. The van der Waals surface area contributed by atoms with Crippen molar-refractivity contribution in [3.8, 4) is 0 Å². The van der Waals surface area contributed by atoms with Gasteiger partial charge in [-0.3, -0.25) is 14.3 Å². The normalized spacial score (nSPS) is 12.8. The van der Waals surface area contributed by atoms with E-state index in [1.54, 1.807) is 0 Å². The lowest BCUT2D eigenvalue weighted by atomic mass is 10.4. The lowest BCUT2D eigenvalue weighted by Crippen LogP contribution is -2.31. The summed E-state index contributed by atoms with van der Waals surface area (Å²) >= 11 is 0. The number of ether oxygens (including phenoxy) is 1. The Morgan fingerprint density at radius 2 is 2.16 bits per heavy atom. The summed E-state index contributed by atoms with van der Waals surface area (Å²) in [6.45, 7) is 1.21. The Morgan fingerprint density at radius 3 is 2.68 bits per heavy atom. The van der Waals surface area contributed by atoms with Gasteiger partial charge in [0.15, 0.2) is 9.84 Å². The van der Waals surface area contributed by atoms with Gasteiger partial charge in [0.25, 0.3) is 0 Å². The molecule has 1 N–H and O–H groups in total. The van der Waals surface area contributed by atoms with Gasteiger partial charge in [0.05, 0.1) is 19.0 Å². The molecule has 0 aliphatic carbocycles.